The van der Waals surface area contributed by atoms with Gasteiger partial charge < -0.3 is 5.32 Å². The van der Waals surface area contributed by atoms with Crippen molar-refractivity contribution in [2.75, 3.05) is 6.54 Å². The topological polar surface area (TPSA) is 12.0 Å². The number of rotatable bonds is 1. The Morgan fingerprint density at radius 1 is 1.31 bits per heavy atom. The second-order valence-corrected chi connectivity index (χ2v) is 4.19. The van der Waals surface area contributed by atoms with Crippen LogP contribution in [0.4, 0.5) is 13.2 Å². The van der Waals surface area contributed by atoms with Crippen molar-refractivity contribution in [2.45, 2.75) is 32.0 Å². The van der Waals surface area contributed by atoms with Gasteiger partial charge in [0.2, 0.25) is 0 Å². The molecule has 1 aliphatic rings. The molecule has 1 aliphatic heterocycles. The van der Waals surface area contributed by atoms with Crippen molar-refractivity contribution in [3.05, 3.63) is 34.9 Å². The summed E-state index contributed by atoms with van der Waals surface area (Å²) in [7, 11) is 0. The molecule has 0 bridgehead atoms. The van der Waals surface area contributed by atoms with E-state index in [4.69, 9.17) is 0 Å². The van der Waals surface area contributed by atoms with Crippen LogP contribution in [0.3, 0.4) is 0 Å². The summed E-state index contributed by atoms with van der Waals surface area (Å²) in [6, 6.07) is 4.65. The molecule has 1 N–H and O–H groups in total. The molecule has 0 radical (unpaired) electrons. The fourth-order valence-electron chi connectivity index (χ4n) is 2.32. The van der Waals surface area contributed by atoms with E-state index >= 15 is 0 Å². The molecule has 0 spiro atoms. The van der Waals surface area contributed by atoms with Gasteiger partial charge in [0.15, 0.2) is 0 Å². The molecule has 88 valence electrons. The normalized spacial score (nSPS) is 21.4. The van der Waals surface area contributed by atoms with Crippen molar-refractivity contribution < 1.29 is 13.2 Å². The highest BCUT2D eigenvalue weighted by Crippen LogP contribution is 2.38. The van der Waals surface area contributed by atoms with Crippen LogP contribution in [-0.2, 0) is 6.18 Å². The second-order valence-electron chi connectivity index (χ2n) is 4.19. The first-order chi connectivity index (χ1) is 7.50. The highest BCUT2D eigenvalue weighted by atomic mass is 19.4. The van der Waals surface area contributed by atoms with Crippen LogP contribution in [0, 0.1) is 6.92 Å². The summed E-state index contributed by atoms with van der Waals surface area (Å²) in [6.45, 7) is 2.32. The van der Waals surface area contributed by atoms with E-state index in [2.05, 4.69) is 5.32 Å². The predicted molar refractivity (Wildman–Crippen MR) is 56.2 cm³/mol. The number of benzene rings is 1. The molecule has 2 rings (SSSR count). The Hall–Kier alpha value is -1.03. The van der Waals surface area contributed by atoms with Gasteiger partial charge in [-0.25, -0.2) is 0 Å². The predicted octanol–water partition coefficient (Wildman–Crippen LogP) is 3.44. The Morgan fingerprint density at radius 3 is 2.62 bits per heavy atom. The average Bonchev–Trinajstić information content (AvgIpc) is 2.67. The smallest absolute Gasteiger partial charge is 0.310 e. The van der Waals surface area contributed by atoms with Crippen molar-refractivity contribution in [3.8, 4) is 0 Å². The lowest BCUT2D eigenvalue weighted by Gasteiger charge is -2.19. The fourth-order valence-corrected chi connectivity index (χ4v) is 2.32. The van der Waals surface area contributed by atoms with Crippen LogP contribution in [0.2, 0.25) is 0 Å². The number of nitrogens with one attached hydrogen (secondary N) is 1. The molecule has 16 heavy (non-hydrogen) atoms. The largest absolute Gasteiger partial charge is 0.416 e. The first-order valence-electron chi connectivity index (χ1n) is 5.40. The summed E-state index contributed by atoms with van der Waals surface area (Å²) < 4.78 is 38.8. The Bertz CT molecular complexity index is 378. The molecular formula is C12H14F3N. The first kappa shape index (κ1) is 11.5. The van der Waals surface area contributed by atoms with Gasteiger partial charge in [0.1, 0.15) is 0 Å². The highest BCUT2D eigenvalue weighted by Gasteiger charge is 2.37. The average molecular weight is 229 g/mol. The van der Waals surface area contributed by atoms with E-state index in [1.807, 2.05) is 0 Å². The maximum atomic E-state index is 12.9. The fraction of sp³-hybridized carbons (Fsp3) is 0.500. The molecule has 1 aromatic carbocycles. The standard InChI is InChI=1S/C12H14F3N/c1-8-4-2-5-9(10-6-3-7-16-10)11(8)12(13,14)15/h2,4-5,10,16H,3,6-7H2,1H3/t10-/m1/s1. The van der Waals surface area contributed by atoms with Crippen LogP contribution < -0.4 is 5.32 Å². The maximum absolute atomic E-state index is 12.9. The Labute approximate surface area is 92.7 Å². The van der Waals surface area contributed by atoms with E-state index in [9.17, 15) is 13.2 Å². The third kappa shape index (κ3) is 2.07. The monoisotopic (exact) mass is 229 g/mol. The van der Waals surface area contributed by atoms with Crippen molar-refractivity contribution in [2.24, 2.45) is 0 Å². The lowest BCUT2D eigenvalue weighted by Crippen LogP contribution is -2.19. The molecule has 1 nitrogen and oxygen atoms in total. The molecule has 0 unspecified atom stereocenters. The summed E-state index contributed by atoms with van der Waals surface area (Å²) >= 11 is 0. The lowest BCUT2D eigenvalue weighted by atomic mass is 9.95. The van der Waals surface area contributed by atoms with Gasteiger partial charge in [-0.05, 0) is 37.4 Å². The van der Waals surface area contributed by atoms with Crippen molar-refractivity contribution in [1.29, 1.82) is 0 Å². The van der Waals surface area contributed by atoms with E-state index in [0.717, 1.165) is 19.4 Å². The number of aryl methyl sites for hydroxylation is 1. The second kappa shape index (κ2) is 4.09. The van der Waals surface area contributed by atoms with Crippen molar-refractivity contribution >= 4 is 0 Å². The van der Waals surface area contributed by atoms with Crippen LogP contribution in [-0.4, -0.2) is 6.54 Å². The Balaban J connectivity index is 2.47. The molecule has 0 aliphatic carbocycles. The molecule has 1 heterocycles. The minimum Gasteiger partial charge on any atom is -0.310 e. The van der Waals surface area contributed by atoms with E-state index in [1.54, 1.807) is 12.1 Å². The van der Waals surface area contributed by atoms with Gasteiger partial charge in [-0.3, -0.25) is 0 Å². The number of halogens is 3. The number of hydrogen-bond donors (Lipinski definition) is 1. The molecular weight excluding hydrogens is 215 g/mol. The minimum absolute atomic E-state index is 0.142. The SMILES string of the molecule is Cc1cccc([C@H]2CCCN2)c1C(F)(F)F. The summed E-state index contributed by atoms with van der Waals surface area (Å²) in [5.41, 5.74) is 0.234. The molecule has 1 atom stereocenters. The van der Waals surface area contributed by atoms with Crippen LogP contribution in [0.15, 0.2) is 18.2 Å². The Morgan fingerprint density at radius 2 is 2.06 bits per heavy atom. The van der Waals surface area contributed by atoms with Crippen LogP contribution in [0.1, 0.15) is 35.6 Å². The van der Waals surface area contributed by atoms with E-state index < -0.39 is 11.7 Å². The summed E-state index contributed by atoms with van der Waals surface area (Å²) in [5.74, 6) is 0. The molecule has 0 aromatic heterocycles. The zero-order chi connectivity index (χ0) is 11.8. The molecule has 0 saturated carbocycles. The Kier molecular flexibility index (Phi) is 2.93. The molecule has 1 fully saturated rings. The van der Waals surface area contributed by atoms with Gasteiger partial charge in [-0.15, -0.1) is 0 Å². The van der Waals surface area contributed by atoms with Gasteiger partial charge in [-0.2, -0.15) is 13.2 Å². The summed E-state index contributed by atoms with van der Waals surface area (Å²) in [4.78, 5) is 0. The third-order valence-corrected chi connectivity index (χ3v) is 3.02. The van der Waals surface area contributed by atoms with Crippen molar-refractivity contribution in [1.82, 2.24) is 5.32 Å². The van der Waals surface area contributed by atoms with Crippen LogP contribution >= 0.6 is 0 Å². The zero-order valence-corrected chi connectivity index (χ0v) is 9.06. The van der Waals surface area contributed by atoms with Gasteiger partial charge in [0.25, 0.3) is 0 Å². The zero-order valence-electron chi connectivity index (χ0n) is 9.06. The molecule has 0 amide bonds. The highest BCUT2D eigenvalue weighted by molar-refractivity contribution is 5.39. The minimum atomic E-state index is -4.26. The molecule has 1 saturated heterocycles. The van der Waals surface area contributed by atoms with Gasteiger partial charge in [-0.1, -0.05) is 18.2 Å². The van der Waals surface area contributed by atoms with Crippen LogP contribution in [0.5, 0.6) is 0 Å². The van der Waals surface area contributed by atoms with E-state index in [0.29, 0.717) is 11.1 Å². The third-order valence-electron chi connectivity index (χ3n) is 3.02. The van der Waals surface area contributed by atoms with E-state index in [-0.39, 0.29) is 6.04 Å². The van der Waals surface area contributed by atoms with Gasteiger partial charge in [0.05, 0.1) is 5.56 Å². The number of alkyl halides is 3. The first-order valence-corrected chi connectivity index (χ1v) is 5.40. The molecule has 4 heteroatoms. The summed E-state index contributed by atoms with van der Waals surface area (Å²) in [5, 5.41) is 3.11. The molecule has 1 aromatic rings. The van der Waals surface area contributed by atoms with Gasteiger partial charge in [0, 0.05) is 6.04 Å². The van der Waals surface area contributed by atoms with Crippen LogP contribution in [0.25, 0.3) is 0 Å². The quantitative estimate of drug-likeness (QED) is 0.777. The maximum Gasteiger partial charge on any atom is 0.416 e. The van der Waals surface area contributed by atoms with E-state index in [1.165, 1.54) is 13.0 Å². The van der Waals surface area contributed by atoms with Crippen molar-refractivity contribution in [3.63, 3.8) is 0 Å². The number of hydrogen-bond acceptors (Lipinski definition) is 1. The summed E-state index contributed by atoms with van der Waals surface area (Å²) in [6.07, 6.45) is -2.53. The van der Waals surface area contributed by atoms with Gasteiger partial charge >= 0.3 is 6.18 Å². The lowest BCUT2D eigenvalue weighted by molar-refractivity contribution is -0.138.